The minimum Gasteiger partial charge on any atom is -0.395 e. The zero-order valence-corrected chi connectivity index (χ0v) is 11.1. The molecule has 0 radical (unpaired) electrons. The van der Waals surface area contributed by atoms with Crippen LogP contribution in [-0.4, -0.2) is 31.2 Å². The molecule has 16 heavy (non-hydrogen) atoms. The zero-order chi connectivity index (χ0) is 12.2. The predicted octanol–water partition coefficient (Wildman–Crippen LogP) is 0.893. The molecule has 1 atom stereocenters. The van der Waals surface area contributed by atoms with Crippen molar-refractivity contribution in [2.45, 2.75) is 24.4 Å². The maximum absolute atomic E-state index is 11.8. The summed E-state index contributed by atoms with van der Waals surface area (Å²) in [4.78, 5) is 3.79. The molecule has 0 amide bonds. The molecule has 1 aromatic heterocycles. The lowest BCUT2D eigenvalue weighted by Crippen LogP contribution is -2.37. The lowest BCUT2D eigenvalue weighted by molar-refractivity contribution is 0.253. The molecule has 7 heteroatoms. The minimum absolute atomic E-state index is 0.0531. The third-order valence-electron chi connectivity index (χ3n) is 2.01. The van der Waals surface area contributed by atoms with E-state index < -0.39 is 16.1 Å². The molecule has 0 aromatic carbocycles. The van der Waals surface area contributed by atoms with Crippen molar-refractivity contribution in [2.24, 2.45) is 0 Å². The molecular weight excluding hydrogens is 296 g/mol. The average Bonchev–Trinajstić information content (AvgIpc) is 2.26. The van der Waals surface area contributed by atoms with Crippen molar-refractivity contribution in [1.29, 1.82) is 0 Å². The third kappa shape index (κ3) is 3.51. The van der Waals surface area contributed by atoms with E-state index in [1.165, 1.54) is 12.3 Å². The molecule has 5 nitrogen and oxygen atoms in total. The van der Waals surface area contributed by atoms with Crippen molar-refractivity contribution < 1.29 is 13.5 Å². The fraction of sp³-hybridized carbons (Fsp3) is 0.444. The van der Waals surface area contributed by atoms with E-state index in [-0.39, 0.29) is 11.6 Å². The van der Waals surface area contributed by atoms with Crippen LogP contribution in [0.5, 0.6) is 0 Å². The molecule has 1 aromatic rings. The smallest absolute Gasteiger partial charge is 0.258 e. The molecule has 0 unspecified atom stereocenters. The van der Waals surface area contributed by atoms with Crippen LogP contribution < -0.4 is 4.72 Å². The number of aromatic nitrogens is 1. The van der Waals surface area contributed by atoms with Crippen LogP contribution in [-0.2, 0) is 10.0 Å². The van der Waals surface area contributed by atoms with Crippen molar-refractivity contribution in [3.63, 3.8) is 0 Å². The van der Waals surface area contributed by atoms with Crippen molar-refractivity contribution in [3.05, 3.63) is 22.8 Å². The van der Waals surface area contributed by atoms with Gasteiger partial charge in [-0.1, -0.05) is 6.92 Å². The summed E-state index contributed by atoms with van der Waals surface area (Å²) < 4.78 is 26.6. The van der Waals surface area contributed by atoms with Gasteiger partial charge in [-0.25, -0.2) is 18.1 Å². The number of aliphatic hydroxyl groups is 1. The van der Waals surface area contributed by atoms with Gasteiger partial charge in [-0.05, 0) is 34.5 Å². The highest BCUT2D eigenvalue weighted by molar-refractivity contribution is 9.10. The van der Waals surface area contributed by atoms with Gasteiger partial charge < -0.3 is 5.11 Å². The Morgan fingerprint density at radius 1 is 1.56 bits per heavy atom. The first-order chi connectivity index (χ1) is 7.49. The van der Waals surface area contributed by atoms with Crippen LogP contribution in [0.4, 0.5) is 0 Å². The molecule has 0 aliphatic rings. The molecule has 0 aliphatic carbocycles. The van der Waals surface area contributed by atoms with Gasteiger partial charge in [0.2, 0.25) is 0 Å². The Hall–Kier alpha value is -0.500. The maximum Gasteiger partial charge on any atom is 0.258 e. The van der Waals surface area contributed by atoms with Crippen LogP contribution in [0.15, 0.2) is 27.8 Å². The monoisotopic (exact) mass is 308 g/mol. The number of pyridine rings is 1. The van der Waals surface area contributed by atoms with E-state index in [4.69, 9.17) is 5.11 Å². The second kappa shape index (κ2) is 5.72. The van der Waals surface area contributed by atoms with Gasteiger partial charge in [0, 0.05) is 16.7 Å². The van der Waals surface area contributed by atoms with Gasteiger partial charge in [0.25, 0.3) is 10.0 Å². The Labute approximate surface area is 103 Å². The molecule has 0 spiro atoms. The highest BCUT2D eigenvalue weighted by atomic mass is 79.9. The summed E-state index contributed by atoms with van der Waals surface area (Å²) in [6.45, 7) is 1.56. The molecular formula is C9H13BrN2O3S. The summed E-state index contributed by atoms with van der Waals surface area (Å²) in [6.07, 6.45) is 1.93. The quantitative estimate of drug-likeness (QED) is 0.847. The third-order valence-corrected chi connectivity index (χ3v) is 3.92. The lowest BCUT2D eigenvalue weighted by Gasteiger charge is -2.13. The normalized spacial score (nSPS) is 13.7. The molecule has 0 saturated heterocycles. The number of hydrogen-bond acceptors (Lipinski definition) is 4. The molecule has 1 rings (SSSR count). The van der Waals surface area contributed by atoms with Crippen molar-refractivity contribution in [2.75, 3.05) is 6.61 Å². The van der Waals surface area contributed by atoms with Gasteiger partial charge in [0.05, 0.1) is 6.61 Å². The van der Waals surface area contributed by atoms with Gasteiger partial charge in [-0.2, -0.15) is 0 Å². The van der Waals surface area contributed by atoms with Crippen LogP contribution in [0.1, 0.15) is 13.3 Å². The lowest BCUT2D eigenvalue weighted by atomic mass is 10.3. The van der Waals surface area contributed by atoms with Gasteiger partial charge in [0.1, 0.15) is 0 Å². The average molecular weight is 309 g/mol. The molecule has 0 fully saturated rings. The van der Waals surface area contributed by atoms with E-state index in [1.54, 1.807) is 13.0 Å². The summed E-state index contributed by atoms with van der Waals surface area (Å²) in [5, 5.41) is 8.87. The number of nitrogens with zero attached hydrogens (tertiary/aromatic N) is 1. The molecule has 0 aliphatic heterocycles. The van der Waals surface area contributed by atoms with E-state index in [2.05, 4.69) is 25.6 Å². The Balaban J connectivity index is 2.89. The van der Waals surface area contributed by atoms with Gasteiger partial charge >= 0.3 is 0 Å². The summed E-state index contributed by atoms with van der Waals surface area (Å²) >= 11 is 3.17. The number of sulfonamides is 1. The fourth-order valence-electron chi connectivity index (χ4n) is 1.05. The topological polar surface area (TPSA) is 79.3 Å². The van der Waals surface area contributed by atoms with Crippen molar-refractivity contribution in [1.82, 2.24) is 9.71 Å². The Bertz CT molecular complexity index is 429. The second-order valence-corrected chi connectivity index (χ2v) is 5.80. The number of hydrogen-bond donors (Lipinski definition) is 2. The number of nitrogens with one attached hydrogen (secondary N) is 1. The van der Waals surface area contributed by atoms with Crippen LogP contribution in [0, 0.1) is 0 Å². The number of aliphatic hydroxyl groups excluding tert-OH is 1. The summed E-state index contributed by atoms with van der Waals surface area (Å²) in [6, 6.07) is 2.52. The Kier molecular flexibility index (Phi) is 4.85. The van der Waals surface area contributed by atoms with Gasteiger partial charge in [-0.15, -0.1) is 0 Å². The van der Waals surface area contributed by atoms with Crippen LogP contribution in [0.3, 0.4) is 0 Å². The summed E-state index contributed by atoms with van der Waals surface area (Å²) in [7, 11) is -3.64. The van der Waals surface area contributed by atoms with Gasteiger partial charge in [-0.3, -0.25) is 0 Å². The standard InChI is InChI=1S/C9H13BrN2O3S/c1-2-8(6-13)12-16(14,15)9-4-3-7(10)5-11-9/h3-5,8,12-13H,2,6H2,1H3/t8-/m1/s1. The first-order valence-electron chi connectivity index (χ1n) is 4.74. The van der Waals surface area contributed by atoms with E-state index in [0.717, 1.165) is 0 Å². The SMILES string of the molecule is CC[C@H](CO)NS(=O)(=O)c1ccc(Br)cn1. The van der Waals surface area contributed by atoms with Crippen molar-refractivity contribution >= 4 is 26.0 Å². The predicted molar refractivity (Wildman–Crippen MR) is 63.4 cm³/mol. The van der Waals surface area contributed by atoms with Crippen LogP contribution in [0.25, 0.3) is 0 Å². The summed E-state index contributed by atoms with van der Waals surface area (Å²) in [5.74, 6) is 0. The van der Waals surface area contributed by atoms with Crippen LogP contribution in [0.2, 0.25) is 0 Å². The largest absolute Gasteiger partial charge is 0.395 e. The molecule has 90 valence electrons. The first kappa shape index (κ1) is 13.6. The number of halogens is 1. The fourth-order valence-corrected chi connectivity index (χ4v) is 2.52. The van der Waals surface area contributed by atoms with Crippen molar-refractivity contribution in [3.8, 4) is 0 Å². The highest BCUT2D eigenvalue weighted by Gasteiger charge is 2.19. The minimum atomic E-state index is -3.64. The zero-order valence-electron chi connectivity index (χ0n) is 8.72. The second-order valence-electron chi connectivity index (χ2n) is 3.22. The molecule has 1 heterocycles. The maximum atomic E-state index is 11.8. The van der Waals surface area contributed by atoms with E-state index in [1.807, 2.05) is 0 Å². The molecule has 0 saturated carbocycles. The van der Waals surface area contributed by atoms with E-state index >= 15 is 0 Å². The van der Waals surface area contributed by atoms with E-state index in [9.17, 15) is 8.42 Å². The Morgan fingerprint density at radius 2 is 2.25 bits per heavy atom. The van der Waals surface area contributed by atoms with Gasteiger partial charge in [0.15, 0.2) is 5.03 Å². The van der Waals surface area contributed by atoms with E-state index in [0.29, 0.717) is 10.9 Å². The molecule has 0 bridgehead atoms. The highest BCUT2D eigenvalue weighted by Crippen LogP contribution is 2.11. The first-order valence-corrected chi connectivity index (χ1v) is 7.02. The number of rotatable bonds is 5. The molecule has 2 N–H and O–H groups in total. The van der Waals surface area contributed by atoms with Crippen LogP contribution >= 0.6 is 15.9 Å². The summed E-state index contributed by atoms with van der Waals surface area (Å²) in [5.41, 5.74) is 0. The Morgan fingerprint density at radius 3 is 2.69 bits per heavy atom.